The molecule has 0 bridgehead atoms. The molecule has 104 valence electrons. The van der Waals surface area contributed by atoms with E-state index in [0.29, 0.717) is 10.5 Å². The van der Waals surface area contributed by atoms with Crippen LogP contribution < -0.4 is 0 Å². The van der Waals surface area contributed by atoms with Gasteiger partial charge in [0.05, 0.1) is 16.6 Å². The molecule has 2 rings (SSSR count). The van der Waals surface area contributed by atoms with Crippen LogP contribution in [0.15, 0.2) is 47.4 Å². The van der Waals surface area contributed by atoms with Gasteiger partial charge in [0, 0.05) is 10.5 Å². The highest BCUT2D eigenvalue weighted by Gasteiger charge is 2.14. The predicted octanol–water partition coefficient (Wildman–Crippen LogP) is 3.43. The minimum absolute atomic E-state index is 0.0878. The van der Waals surface area contributed by atoms with Gasteiger partial charge in [0.15, 0.2) is 5.78 Å². The van der Waals surface area contributed by atoms with Crippen LogP contribution in [0.3, 0.4) is 0 Å². The Morgan fingerprint density at radius 3 is 2.35 bits per heavy atom. The van der Waals surface area contributed by atoms with Gasteiger partial charge in [0.1, 0.15) is 5.82 Å². The van der Waals surface area contributed by atoms with E-state index in [1.807, 2.05) is 26.0 Å². The second kappa shape index (κ2) is 6.09. The summed E-state index contributed by atoms with van der Waals surface area (Å²) >= 11 is 0. The predicted molar refractivity (Wildman–Crippen MR) is 77.9 cm³/mol. The van der Waals surface area contributed by atoms with Crippen LogP contribution in [0.2, 0.25) is 0 Å². The van der Waals surface area contributed by atoms with Crippen molar-refractivity contribution in [2.45, 2.75) is 18.7 Å². The van der Waals surface area contributed by atoms with E-state index in [1.165, 1.54) is 24.3 Å². The second-order valence-corrected chi connectivity index (χ2v) is 6.11. The van der Waals surface area contributed by atoms with Crippen molar-refractivity contribution < 1.29 is 13.4 Å². The van der Waals surface area contributed by atoms with E-state index in [9.17, 15) is 13.4 Å². The number of carbonyl (C=O) groups excluding carboxylic acids is 1. The third-order valence-electron chi connectivity index (χ3n) is 3.00. The van der Waals surface area contributed by atoms with Gasteiger partial charge in [-0.05, 0) is 49.7 Å². The lowest BCUT2D eigenvalue weighted by Crippen LogP contribution is -2.12. The third-order valence-corrected chi connectivity index (χ3v) is 4.48. The highest BCUT2D eigenvalue weighted by atomic mass is 32.2. The lowest BCUT2D eigenvalue weighted by atomic mass is 10.1. The number of carbonyl (C=O) groups is 1. The third kappa shape index (κ3) is 3.39. The number of benzene rings is 2. The molecular formula is C16H15FO2S. The largest absolute Gasteiger partial charge is 0.293 e. The summed E-state index contributed by atoms with van der Waals surface area (Å²) in [6, 6.07) is 10.9. The average molecular weight is 290 g/mol. The van der Waals surface area contributed by atoms with E-state index in [-0.39, 0.29) is 11.5 Å². The highest BCUT2D eigenvalue weighted by molar-refractivity contribution is 7.85. The van der Waals surface area contributed by atoms with Crippen molar-refractivity contribution in [2.24, 2.45) is 0 Å². The van der Waals surface area contributed by atoms with Crippen molar-refractivity contribution in [3.63, 3.8) is 0 Å². The Hall–Kier alpha value is -1.81. The number of Topliss-reactive ketones (excluding diaryl/α,β-unsaturated/α-hetero) is 1. The van der Waals surface area contributed by atoms with Gasteiger partial charge in [0.25, 0.3) is 0 Å². The smallest absolute Gasteiger partial charge is 0.175 e. The lowest BCUT2D eigenvalue weighted by molar-refractivity contribution is 0.102. The van der Waals surface area contributed by atoms with Crippen LogP contribution in [0.1, 0.15) is 21.5 Å². The number of halogens is 1. The van der Waals surface area contributed by atoms with Crippen molar-refractivity contribution in [3.05, 3.63) is 65.0 Å². The molecule has 0 aliphatic carbocycles. The zero-order valence-electron chi connectivity index (χ0n) is 11.4. The zero-order chi connectivity index (χ0) is 14.7. The number of hydrogen-bond donors (Lipinski definition) is 0. The normalized spacial score (nSPS) is 12.2. The summed E-state index contributed by atoms with van der Waals surface area (Å²) in [5, 5.41) is 0. The first-order chi connectivity index (χ1) is 9.47. The molecule has 0 radical (unpaired) electrons. The highest BCUT2D eigenvalue weighted by Crippen LogP contribution is 2.16. The Labute approximate surface area is 120 Å². The molecule has 1 unspecified atom stereocenters. The molecule has 0 saturated heterocycles. The number of hydrogen-bond acceptors (Lipinski definition) is 2. The molecule has 20 heavy (non-hydrogen) atoms. The monoisotopic (exact) mass is 290 g/mol. The average Bonchev–Trinajstić information content (AvgIpc) is 2.39. The molecule has 0 aromatic heterocycles. The Morgan fingerprint density at radius 1 is 1.10 bits per heavy atom. The van der Waals surface area contributed by atoms with Crippen molar-refractivity contribution >= 4 is 16.6 Å². The fraction of sp³-hybridized carbons (Fsp3) is 0.188. The molecule has 2 aromatic carbocycles. The standard InChI is InChI=1S/C16H15FO2S/c1-11-3-8-16(12(2)9-11)20(19)10-15(18)13-4-6-14(17)7-5-13/h3-9H,10H2,1-2H3. The molecule has 0 fully saturated rings. The van der Waals surface area contributed by atoms with Crippen LogP contribution in [-0.2, 0) is 10.8 Å². The molecule has 0 aliphatic rings. The van der Waals surface area contributed by atoms with Crippen LogP contribution in [0.4, 0.5) is 4.39 Å². The van der Waals surface area contributed by atoms with E-state index in [2.05, 4.69) is 0 Å². The van der Waals surface area contributed by atoms with Crippen LogP contribution in [0.25, 0.3) is 0 Å². The Morgan fingerprint density at radius 2 is 1.75 bits per heavy atom. The lowest BCUT2D eigenvalue weighted by Gasteiger charge is -2.06. The van der Waals surface area contributed by atoms with E-state index in [1.54, 1.807) is 6.07 Å². The van der Waals surface area contributed by atoms with Crippen molar-refractivity contribution in [1.82, 2.24) is 0 Å². The zero-order valence-corrected chi connectivity index (χ0v) is 12.2. The molecule has 0 spiro atoms. The fourth-order valence-corrected chi connectivity index (χ4v) is 3.17. The van der Waals surface area contributed by atoms with Crippen LogP contribution in [0.5, 0.6) is 0 Å². The van der Waals surface area contributed by atoms with Gasteiger partial charge in [-0.15, -0.1) is 0 Å². The summed E-state index contributed by atoms with van der Waals surface area (Å²) in [5.41, 5.74) is 2.38. The second-order valence-electron chi connectivity index (χ2n) is 4.69. The molecule has 0 saturated carbocycles. The van der Waals surface area contributed by atoms with Gasteiger partial charge in [0.2, 0.25) is 0 Å². The first-order valence-corrected chi connectivity index (χ1v) is 7.53. The topological polar surface area (TPSA) is 34.1 Å². The SMILES string of the molecule is Cc1ccc(S(=O)CC(=O)c2ccc(F)cc2)c(C)c1. The quantitative estimate of drug-likeness (QED) is 0.808. The minimum Gasteiger partial charge on any atom is -0.293 e. The van der Waals surface area contributed by atoms with E-state index < -0.39 is 16.6 Å². The van der Waals surface area contributed by atoms with Crippen molar-refractivity contribution in [2.75, 3.05) is 5.75 Å². The van der Waals surface area contributed by atoms with Gasteiger partial charge >= 0.3 is 0 Å². The van der Waals surface area contributed by atoms with E-state index >= 15 is 0 Å². The summed E-state index contributed by atoms with van der Waals surface area (Å²) in [6.07, 6.45) is 0. The van der Waals surface area contributed by atoms with Crippen molar-refractivity contribution in [3.8, 4) is 0 Å². The Balaban J connectivity index is 2.15. The molecule has 0 N–H and O–H groups in total. The number of ketones is 1. The summed E-state index contributed by atoms with van der Waals surface area (Å²) < 4.78 is 25.0. The van der Waals surface area contributed by atoms with Crippen LogP contribution >= 0.6 is 0 Å². The summed E-state index contributed by atoms with van der Waals surface area (Å²) in [7, 11) is -1.38. The molecule has 1 atom stereocenters. The van der Waals surface area contributed by atoms with Gasteiger partial charge in [-0.2, -0.15) is 0 Å². The Kier molecular flexibility index (Phi) is 4.45. The fourth-order valence-electron chi connectivity index (χ4n) is 1.97. The molecule has 0 amide bonds. The molecule has 0 aliphatic heterocycles. The molecule has 2 aromatic rings. The number of aryl methyl sites for hydroxylation is 2. The first kappa shape index (κ1) is 14.6. The van der Waals surface area contributed by atoms with Gasteiger partial charge in [-0.3, -0.25) is 9.00 Å². The van der Waals surface area contributed by atoms with E-state index in [4.69, 9.17) is 0 Å². The van der Waals surface area contributed by atoms with Gasteiger partial charge < -0.3 is 0 Å². The maximum atomic E-state index is 12.8. The first-order valence-electron chi connectivity index (χ1n) is 6.22. The Bertz CT molecular complexity index is 663. The molecule has 2 nitrogen and oxygen atoms in total. The number of rotatable bonds is 4. The maximum Gasteiger partial charge on any atom is 0.175 e. The summed E-state index contributed by atoms with van der Waals surface area (Å²) in [4.78, 5) is 12.7. The summed E-state index contributed by atoms with van der Waals surface area (Å²) in [6.45, 7) is 3.84. The minimum atomic E-state index is -1.38. The van der Waals surface area contributed by atoms with E-state index in [0.717, 1.165) is 11.1 Å². The van der Waals surface area contributed by atoms with Gasteiger partial charge in [-0.1, -0.05) is 17.7 Å². The molecule has 4 heteroatoms. The van der Waals surface area contributed by atoms with Crippen molar-refractivity contribution in [1.29, 1.82) is 0 Å². The molecule has 0 heterocycles. The maximum absolute atomic E-state index is 12.8. The summed E-state index contributed by atoms with van der Waals surface area (Å²) in [5.74, 6) is -0.726. The van der Waals surface area contributed by atoms with Crippen LogP contribution in [-0.4, -0.2) is 15.7 Å². The van der Waals surface area contributed by atoms with Gasteiger partial charge in [-0.25, -0.2) is 4.39 Å². The van der Waals surface area contributed by atoms with Crippen LogP contribution in [0, 0.1) is 19.7 Å². The molecular weight excluding hydrogens is 275 g/mol.